The lowest BCUT2D eigenvalue weighted by Gasteiger charge is -2.52. The molecule has 1 spiro atoms. The largest absolute Gasteiger partial charge is 0.493 e. The van der Waals surface area contributed by atoms with Gasteiger partial charge in [0.05, 0.1) is 32.4 Å². The van der Waals surface area contributed by atoms with Crippen LogP contribution in [0.25, 0.3) is 0 Å². The molecule has 2 aromatic carbocycles. The smallest absolute Gasteiger partial charge is 0.317 e. The van der Waals surface area contributed by atoms with Crippen molar-refractivity contribution < 1.29 is 63.2 Å². The van der Waals surface area contributed by atoms with Crippen molar-refractivity contribution in [2.24, 2.45) is 10.7 Å². The Balaban J connectivity index is 1.15. The molecule has 17 nitrogen and oxygen atoms in total. The number of aliphatic carboxylic acids is 1. The van der Waals surface area contributed by atoms with Crippen molar-refractivity contribution in [2.45, 2.75) is 67.5 Å². The first-order chi connectivity index (χ1) is 25.5. The summed E-state index contributed by atoms with van der Waals surface area (Å²) in [6.07, 6.45) is -3.10. The summed E-state index contributed by atoms with van der Waals surface area (Å²) in [6, 6.07) is 7.15. The number of carbonyl (C=O) groups is 2. The van der Waals surface area contributed by atoms with Gasteiger partial charge in [-0.25, -0.2) is 0 Å². The van der Waals surface area contributed by atoms with Gasteiger partial charge in [0.2, 0.25) is 12.0 Å². The van der Waals surface area contributed by atoms with Gasteiger partial charge in [0.1, 0.15) is 48.5 Å². The topological polar surface area (TPSA) is 233 Å². The van der Waals surface area contributed by atoms with E-state index in [4.69, 9.17) is 44.0 Å². The second-order valence-corrected chi connectivity index (χ2v) is 13.4. The molecule has 7 N–H and O–H groups in total. The van der Waals surface area contributed by atoms with E-state index in [-0.39, 0.29) is 18.3 Å². The summed E-state index contributed by atoms with van der Waals surface area (Å²) < 4.78 is 42.1. The number of esters is 1. The van der Waals surface area contributed by atoms with Gasteiger partial charge in [0.15, 0.2) is 23.2 Å². The minimum Gasteiger partial charge on any atom is -0.493 e. The van der Waals surface area contributed by atoms with Crippen molar-refractivity contribution in [1.82, 2.24) is 10.2 Å². The van der Waals surface area contributed by atoms with Gasteiger partial charge in [0, 0.05) is 48.3 Å². The van der Waals surface area contributed by atoms with Crippen LogP contribution in [-0.4, -0.2) is 113 Å². The average molecular weight is 735 g/mol. The van der Waals surface area contributed by atoms with Crippen LogP contribution in [0.15, 0.2) is 65.1 Å². The van der Waals surface area contributed by atoms with E-state index in [1.807, 2.05) is 24.4 Å². The molecule has 53 heavy (non-hydrogen) atoms. The zero-order valence-electron chi connectivity index (χ0n) is 28.6. The highest BCUT2D eigenvalue weighted by Gasteiger charge is 2.61. The maximum absolute atomic E-state index is 12.5. The van der Waals surface area contributed by atoms with Crippen LogP contribution in [0.3, 0.4) is 0 Å². The molecule has 0 radical (unpaired) electrons. The number of aliphatic hydroxyl groups is 3. The minimum absolute atomic E-state index is 0.178. The molecule has 0 bridgehead atoms. The molecule has 8 rings (SSSR count). The van der Waals surface area contributed by atoms with Crippen molar-refractivity contribution in [3.63, 3.8) is 0 Å². The van der Waals surface area contributed by atoms with E-state index >= 15 is 0 Å². The second kappa shape index (κ2) is 13.3. The summed E-state index contributed by atoms with van der Waals surface area (Å²) in [6.45, 7) is 1.25. The van der Waals surface area contributed by atoms with E-state index in [0.717, 1.165) is 28.0 Å². The van der Waals surface area contributed by atoms with Crippen molar-refractivity contribution in [3.8, 4) is 28.7 Å². The number of fused-ring (bicyclic) bond motifs is 6. The summed E-state index contributed by atoms with van der Waals surface area (Å²) in [5.74, 6) is -0.590. The molecular formula is C36H38N4O13. The molecule has 0 amide bonds. The number of nitrogens with one attached hydrogen (secondary N) is 1. The number of allylic oxidation sites excluding steroid dienone is 1. The van der Waals surface area contributed by atoms with Crippen LogP contribution >= 0.6 is 0 Å². The Morgan fingerprint density at radius 2 is 1.98 bits per heavy atom. The fourth-order valence-electron chi connectivity index (χ4n) is 7.78. The Morgan fingerprint density at radius 3 is 2.74 bits per heavy atom. The van der Waals surface area contributed by atoms with Crippen LogP contribution in [0.4, 0.5) is 0 Å². The van der Waals surface area contributed by atoms with Crippen LogP contribution in [-0.2, 0) is 25.6 Å². The molecule has 2 aromatic rings. The first-order valence-electron chi connectivity index (χ1n) is 16.9. The Morgan fingerprint density at radius 1 is 1.15 bits per heavy atom. The number of rotatable bonds is 9. The van der Waals surface area contributed by atoms with Crippen molar-refractivity contribution >= 4 is 18.2 Å². The maximum atomic E-state index is 12.5. The molecule has 1 fully saturated rings. The number of carboxylic acids is 1. The van der Waals surface area contributed by atoms with E-state index in [1.165, 1.54) is 12.3 Å². The molecule has 0 saturated carbocycles. The third-order valence-electron chi connectivity index (χ3n) is 10.3. The SMILES string of the molecule is COc1ccc2c(c1OC)OC1c3c(CN4C=C5N=CC=C5C4)cc(OC4OC5(C=CNC(N)C5OC(=O)CC(=O)O)C(O)C(O)C4O)cc3OCC21. The Bertz CT molecular complexity index is 1960. The second-order valence-electron chi connectivity index (χ2n) is 13.4. The predicted octanol–water partition coefficient (Wildman–Crippen LogP) is 0.326. The number of hydrogen-bond acceptors (Lipinski definition) is 16. The van der Waals surface area contributed by atoms with Crippen LogP contribution in [0.5, 0.6) is 28.7 Å². The highest BCUT2D eigenvalue weighted by atomic mass is 16.7. The summed E-state index contributed by atoms with van der Waals surface area (Å²) in [4.78, 5) is 30.2. The molecule has 6 aliphatic heterocycles. The number of hydrogen-bond donors (Lipinski definition) is 6. The summed E-state index contributed by atoms with van der Waals surface area (Å²) in [5, 5.41) is 45.3. The predicted molar refractivity (Wildman–Crippen MR) is 181 cm³/mol. The van der Waals surface area contributed by atoms with Crippen molar-refractivity contribution in [1.29, 1.82) is 0 Å². The van der Waals surface area contributed by atoms with Crippen molar-refractivity contribution in [3.05, 3.63) is 76.8 Å². The van der Waals surface area contributed by atoms with Gasteiger partial charge in [0.25, 0.3) is 0 Å². The standard InChI is InChI=1S/C36H38N4O13/c1-47-22-4-3-19-20-15-49-23-10-18(9-17(13-40-12-16-5-7-38-21(16)14-40)26(23)29(20)52-30(19)31(22)48-2)50-35-28(45)27(44)32(46)36(53-35)6-8-39-34(37)33(36)51-25(43)11-24(41)42/h3-10,14,20,27-29,32-35,39,44-46H,11-13,15,37H2,1-2H3,(H,41,42). The van der Waals surface area contributed by atoms with Gasteiger partial charge in [-0.2, -0.15) is 0 Å². The lowest BCUT2D eigenvalue weighted by molar-refractivity contribution is -0.321. The number of methoxy groups -OCH3 is 2. The highest BCUT2D eigenvalue weighted by Crippen LogP contribution is 2.57. The molecular weight excluding hydrogens is 696 g/mol. The molecule has 0 aliphatic carbocycles. The minimum atomic E-state index is -2.06. The molecule has 1 saturated heterocycles. The molecule has 280 valence electrons. The number of ether oxygens (including phenoxy) is 7. The Kier molecular flexibility index (Phi) is 8.69. The maximum Gasteiger partial charge on any atom is 0.317 e. The summed E-state index contributed by atoms with van der Waals surface area (Å²) >= 11 is 0. The van der Waals surface area contributed by atoms with Crippen molar-refractivity contribution in [2.75, 3.05) is 27.4 Å². The van der Waals surface area contributed by atoms with Gasteiger partial charge >= 0.3 is 11.9 Å². The summed E-state index contributed by atoms with van der Waals surface area (Å²) in [5.41, 5.74) is 8.52. The van der Waals surface area contributed by atoms with Gasteiger partial charge < -0.3 is 69.5 Å². The van der Waals surface area contributed by atoms with E-state index in [1.54, 1.807) is 32.6 Å². The number of carbonyl (C=O) groups excluding carboxylic acids is 1. The monoisotopic (exact) mass is 734 g/mol. The van der Waals surface area contributed by atoms with E-state index in [9.17, 15) is 24.9 Å². The Hall–Kier alpha value is -5.33. The quantitative estimate of drug-likeness (QED) is 0.150. The van der Waals surface area contributed by atoms with Crippen LogP contribution in [0.1, 0.15) is 35.1 Å². The number of aliphatic imine (C=N–C) groups is 1. The van der Waals surface area contributed by atoms with Gasteiger partial charge in [-0.3, -0.25) is 14.6 Å². The lowest BCUT2D eigenvalue weighted by atomic mass is 9.79. The third-order valence-corrected chi connectivity index (χ3v) is 10.3. The Labute approximate surface area is 302 Å². The first-order valence-corrected chi connectivity index (χ1v) is 16.9. The number of benzene rings is 2. The zero-order valence-corrected chi connectivity index (χ0v) is 28.6. The molecule has 6 heterocycles. The average Bonchev–Trinajstić information content (AvgIpc) is 3.84. The fourth-order valence-corrected chi connectivity index (χ4v) is 7.78. The number of aliphatic hydroxyl groups excluding tert-OH is 3. The van der Waals surface area contributed by atoms with E-state index in [2.05, 4.69) is 15.2 Å². The highest BCUT2D eigenvalue weighted by molar-refractivity contribution is 5.90. The molecule has 6 aliphatic rings. The lowest BCUT2D eigenvalue weighted by Crippen LogP contribution is -2.74. The summed E-state index contributed by atoms with van der Waals surface area (Å²) in [7, 11) is 3.11. The number of nitrogens with zero attached hydrogens (tertiary/aromatic N) is 2. The first kappa shape index (κ1) is 34.7. The normalized spacial score (nSPS) is 31.5. The van der Waals surface area contributed by atoms with Gasteiger partial charge in [-0.1, -0.05) is 6.07 Å². The van der Waals surface area contributed by atoms with Gasteiger partial charge in [-0.15, -0.1) is 0 Å². The van der Waals surface area contributed by atoms with Gasteiger partial charge in [-0.05, 0) is 36.0 Å². The molecule has 17 heteroatoms. The molecule has 0 aromatic heterocycles. The van der Waals surface area contributed by atoms with E-state index < -0.39 is 66.9 Å². The third kappa shape index (κ3) is 5.80. The molecule has 9 unspecified atom stereocenters. The van der Waals surface area contributed by atoms with E-state index in [0.29, 0.717) is 36.1 Å². The van der Waals surface area contributed by atoms with Crippen LogP contribution in [0, 0.1) is 0 Å². The fraction of sp³-hybridized carbons (Fsp3) is 0.417. The molecule has 9 atom stereocenters. The van der Waals surface area contributed by atoms with Crippen LogP contribution < -0.4 is 34.7 Å². The number of nitrogens with two attached hydrogens (primary N) is 1. The van der Waals surface area contributed by atoms with Crippen LogP contribution in [0.2, 0.25) is 0 Å². The number of carboxylic acid groups (broad SMARTS) is 1. The zero-order chi connectivity index (χ0) is 37.2.